The number of carbonyl (C=O) groups is 2. The maximum absolute atomic E-state index is 13.9. The van der Waals surface area contributed by atoms with Crippen molar-refractivity contribution in [3.05, 3.63) is 41.2 Å². The molecular weight excluding hydrogens is 307 g/mol. The lowest BCUT2D eigenvalue weighted by Gasteiger charge is -2.18. The van der Waals surface area contributed by atoms with E-state index in [4.69, 9.17) is 0 Å². The molecule has 0 saturated carbocycles. The molecule has 0 unspecified atom stereocenters. The molecule has 1 heterocycles. The lowest BCUT2D eigenvalue weighted by molar-refractivity contribution is -0.119. The number of hydrazone groups is 1. The first-order valence-corrected chi connectivity index (χ1v) is 7.17. The van der Waals surface area contributed by atoms with E-state index < -0.39 is 5.82 Å². The fraction of sp³-hybridized carbons (Fsp3) is 0.143. The number of amides is 2. The van der Waals surface area contributed by atoms with E-state index >= 15 is 0 Å². The van der Waals surface area contributed by atoms with Crippen LogP contribution in [0.4, 0.5) is 15.2 Å². The normalized spacial score (nSPS) is 10.7. The zero-order valence-electron chi connectivity index (χ0n) is 11.9. The summed E-state index contributed by atoms with van der Waals surface area (Å²) in [6.07, 6.45) is 1.35. The molecule has 1 aromatic carbocycles. The summed E-state index contributed by atoms with van der Waals surface area (Å²) in [6.45, 7) is 2.67. The summed E-state index contributed by atoms with van der Waals surface area (Å²) >= 11 is 1.17. The molecule has 0 spiro atoms. The summed E-state index contributed by atoms with van der Waals surface area (Å²) in [5, 5.41) is 5.66. The van der Waals surface area contributed by atoms with Crippen LogP contribution in [0.2, 0.25) is 0 Å². The maximum atomic E-state index is 13.9. The van der Waals surface area contributed by atoms with Gasteiger partial charge in [0.15, 0.2) is 5.13 Å². The molecule has 114 valence electrons. The Morgan fingerprint density at radius 3 is 2.73 bits per heavy atom. The molecule has 0 aliphatic heterocycles. The van der Waals surface area contributed by atoms with Crippen LogP contribution < -0.4 is 10.3 Å². The number of benzene rings is 1. The van der Waals surface area contributed by atoms with Crippen LogP contribution in [0.25, 0.3) is 0 Å². The number of nitrogens with one attached hydrogen (secondary N) is 1. The summed E-state index contributed by atoms with van der Waals surface area (Å²) < 4.78 is 13.9. The van der Waals surface area contributed by atoms with Crippen LogP contribution in [0, 0.1) is 5.82 Å². The van der Waals surface area contributed by atoms with E-state index in [1.165, 1.54) is 48.4 Å². The van der Waals surface area contributed by atoms with E-state index in [0.717, 1.165) is 0 Å². The van der Waals surface area contributed by atoms with Gasteiger partial charge in [-0.1, -0.05) is 12.1 Å². The van der Waals surface area contributed by atoms with E-state index in [9.17, 15) is 14.0 Å². The van der Waals surface area contributed by atoms with Gasteiger partial charge in [-0.3, -0.25) is 14.5 Å². The number of aromatic nitrogens is 1. The zero-order valence-corrected chi connectivity index (χ0v) is 12.7. The summed E-state index contributed by atoms with van der Waals surface area (Å²) in [5.41, 5.74) is 2.84. The van der Waals surface area contributed by atoms with Gasteiger partial charge < -0.3 is 0 Å². The second kappa shape index (κ2) is 6.90. The highest BCUT2D eigenvalue weighted by Crippen LogP contribution is 2.30. The van der Waals surface area contributed by atoms with Gasteiger partial charge in [-0.25, -0.2) is 14.8 Å². The van der Waals surface area contributed by atoms with E-state index in [-0.39, 0.29) is 17.5 Å². The molecule has 0 saturated heterocycles. The van der Waals surface area contributed by atoms with Crippen molar-refractivity contribution in [2.24, 2.45) is 5.10 Å². The highest BCUT2D eigenvalue weighted by Gasteiger charge is 2.20. The highest BCUT2D eigenvalue weighted by atomic mass is 32.1. The van der Waals surface area contributed by atoms with Gasteiger partial charge in [0.2, 0.25) is 11.8 Å². The molecular formula is C14H13FN4O2S. The Labute approximate surface area is 130 Å². The van der Waals surface area contributed by atoms with E-state index in [1.54, 1.807) is 17.5 Å². The summed E-state index contributed by atoms with van der Waals surface area (Å²) in [7, 11) is 0. The number of hydrogen-bond acceptors (Lipinski definition) is 5. The lowest BCUT2D eigenvalue weighted by atomic mass is 10.3. The van der Waals surface area contributed by atoms with Gasteiger partial charge in [-0.2, -0.15) is 5.10 Å². The SMILES string of the molecule is CC(=O)N/N=C\c1csc(N(C(C)=O)c2ccccc2F)n1. The van der Waals surface area contributed by atoms with Crippen LogP contribution in [0.5, 0.6) is 0 Å². The molecule has 0 atom stereocenters. The van der Waals surface area contributed by atoms with Gasteiger partial charge in [0.25, 0.3) is 0 Å². The van der Waals surface area contributed by atoms with Crippen LogP contribution in [0.15, 0.2) is 34.7 Å². The van der Waals surface area contributed by atoms with Gasteiger partial charge in [-0.15, -0.1) is 11.3 Å². The van der Waals surface area contributed by atoms with Crippen LogP contribution in [0.1, 0.15) is 19.5 Å². The van der Waals surface area contributed by atoms with Crippen LogP contribution in [-0.2, 0) is 9.59 Å². The van der Waals surface area contributed by atoms with Gasteiger partial charge in [0, 0.05) is 19.2 Å². The number of carbonyl (C=O) groups excluding carboxylic acids is 2. The molecule has 0 aliphatic carbocycles. The Hall–Kier alpha value is -2.61. The fourth-order valence-electron chi connectivity index (χ4n) is 1.67. The Bertz CT molecular complexity index is 729. The quantitative estimate of drug-likeness (QED) is 0.694. The van der Waals surface area contributed by atoms with Crippen molar-refractivity contribution in [1.29, 1.82) is 0 Å². The van der Waals surface area contributed by atoms with Crippen molar-refractivity contribution >= 4 is 40.2 Å². The van der Waals surface area contributed by atoms with Crippen LogP contribution >= 0.6 is 11.3 Å². The number of hydrogen-bond donors (Lipinski definition) is 1. The zero-order chi connectivity index (χ0) is 16.1. The molecule has 0 fully saturated rings. The molecule has 1 aromatic heterocycles. The average molecular weight is 320 g/mol. The van der Waals surface area contributed by atoms with Crippen molar-refractivity contribution < 1.29 is 14.0 Å². The second-order valence-electron chi connectivity index (χ2n) is 4.29. The lowest BCUT2D eigenvalue weighted by Crippen LogP contribution is -2.23. The first-order chi connectivity index (χ1) is 10.5. The molecule has 2 aromatic rings. The van der Waals surface area contributed by atoms with Crippen LogP contribution in [-0.4, -0.2) is 23.0 Å². The topological polar surface area (TPSA) is 74.7 Å². The summed E-state index contributed by atoms with van der Waals surface area (Å²) in [6, 6.07) is 5.97. The predicted octanol–water partition coefficient (Wildman–Crippen LogP) is 2.44. The standard InChI is InChI=1S/C14H13FN4O2S/c1-9(20)18-16-7-11-8-22-14(17-11)19(10(2)21)13-6-4-3-5-12(13)15/h3-8H,1-2H3,(H,18,20)/b16-7-. The van der Waals surface area contributed by atoms with Crippen molar-refractivity contribution in [2.45, 2.75) is 13.8 Å². The minimum absolute atomic E-state index is 0.134. The second-order valence-corrected chi connectivity index (χ2v) is 5.12. The van der Waals surface area contributed by atoms with Gasteiger partial charge in [-0.05, 0) is 12.1 Å². The number of nitrogens with zero attached hydrogens (tertiary/aromatic N) is 3. The van der Waals surface area contributed by atoms with E-state index in [0.29, 0.717) is 10.8 Å². The number of anilines is 2. The number of para-hydroxylation sites is 1. The van der Waals surface area contributed by atoms with Crippen molar-refractivity contribution in [3.8, 4) is 0 Å². The van der Waals surface area contributed by atoms with Gasteiger partial charge >= 0.3 is 0 Å². The Morgan fingerprint density at radius 2 is 2.09 bits per heavy atom. The smallest absolute Gasteiger partial charge is 0.236 e. The molecule has 6 nitrogen and oxygen atoms in total. The fourth-order valence-corrected chi connectivity index (χ4v) is 2.50. The Balaban J connectivity index is 2.30. The van der Waals surface area contributed by atoms with E-state index in [1.807, 2.05) is 0 Å². The molecule has 0 aliphatic rings. The predicted molar refractivity (Wildman–Crippen MR) is 82.7 cm³/mol. The number of halogens is 1. The maximum Gasteiger partial charge on any atom is 0.236 e. The van der Waals surface area contributed by atoms with Crippen LogP contribution in [0.3, 0.4) is 0 Å². The first-order valence-electron chi connectivity index (χ1n) is 6.29. The van der Waals surface area contributed by atoms with Gasteiger partial charge in [0.1, 0.15) is 5.82 Å². The molecule has 8 heteroatoms. The average Bonchev–Trinajstić information content (AvgIpc) is 2.89. The van der Waals surface area contributed by atoms with Crippen molar-refractivity contribution in [2.75, 3.05) is 4.90 Å². The van der Waals surface area contributed by atoms with Gasteiger partial charge in [0.05, 0.1) is 17.6 Å². The van der Waals surface area contributed by atoms with Crippen molar-refractivity contribution in [1.82, 2.24) is 10.4 Å². The third kappa shape index (κ3) is 3.73. The molecule has 2 amide bonds. The first kappa shape index (κ1) is 15.8. The minimum atomic E-state index is -0.513. The summed E-state index contributed by atoms with van der Waals surface area (Å²) in [4.78, 5) is 28.0. The Morgan fingerprint density at radius 1 is 1.36 bits per heavy atom. The monoisotopic (exact) mass is 320 g/mol. The molecule has 22 heavy (non-hydrogen) atoms. The minimum Gasteiger partial charge on any atom is -0.274 e. The number of thiazole rings is 1. The van der Waals surface area contributed by atoms with Crippen molar-refractivity contribution in [3.63, 3.8) is 0 Å². The number of rotatable bonds is 4. The molecule has 2 rings (SSSR count). The Kier molecular flexibility index (Phi) is 4.95. The summed E-state index contributed by atoms with van der Waals surface area (Å²) in [5.74, 6) is -1.17. The largest absolute Gasteiger partial charge is 0.274 e. The molecule has 0 radical (unpaired) electrons. The third-order valence-electron chi connectivity index (χ3n) is 2.53. The molecule has 0 bridgehead atoms. The van der Waals surface area contributed by atoms with E-state index in [2.05, 4.69) is 15.5 Å². The molecule has 1 N–H and O–H groups in total. The third-order valence-corrected chi connectivity index (χ3v) is 3.37. The highest BCUT2D eigenvalue weighted by molar-refractivity contribution is 7.14.